The van der Waals surface area contributed by atoms with Gasteiger partial charge in [-0.05, 0) is 55.7 Å². The van der Waals surface area contributed by atoms with Crippen LogP contribution in [0.25, 0.3) is 0 Å². The number of aromatic nitrogens is 3. The molecule has 2 heterocycles. The van der Waals surface area contributed by atoms with Gasteiger partial charge in [-0.15, -0.1) is 0 Å². The highest BCUT2D eigenvalue weighted by molar-refractivity contribution is 5.95. The molecular formula is C23H28N4O4. The van der Waals surface area contributed by atoms with Gasteiger partial charge in [0.1, 0.15) is 5.56 Å². The molecule has 0 radical (unpaired) electrons. The van der Waals surface area contributed by atoms with Crippen molar-refractivity contribution in [3.8, 4) is 11.5 Å². The van der Waals surface area contributed by atoms with E-state index < -0.39 is 0 Å². The van der Waals surface area contributed by atoms with Crippen LogP contribution in [0.4, 0.5) is 0 Å². The summed E-state index contributed by atoms with van der Waals surface area (Å²) in [6, 6.07) is 9.36. The Bertz CT molecular complexity index is 1120. The highest BCUT2D eigenvalue weighted by Crippen LogP contribution is 2.27. The molecule has 1 aromatic carbocycles. The molecule has 0 saturated carbocycles. The molecule has 164 valence electrons. The van der Waals surface area contributed by atoms with Crippen molar-refractivity contribution in [3.63, 3.8) is 0 Å². The van der Waals surface area contributed by atoms with E-state index in [1.54, 1.807) is 42.7 Å². The van der Waals surface area contributed by atoms with Crippen molar-refractivity contribution in [2.45, 2.75) is 33.4 Å². The van der Waals surface area contributed by atoms with Crippen molar-refractivity contribution in [2.24, 2.45) is 0 Å². The third-order valence-electron chi connectivity index (χ3n) is 5.09. The van der Waals surface area contributed by atoms with Crippen molar-refractivity contribution < 1.29 is 14.3 Å². The first-order valence-electron chi connectivity index (χ1n) is 10.1. The number of methoxy groups -OCH3 is 2. The molecule has 2 aromatic heterocycles. The van der Waals surface area contributed by atoms with Crippen molar-refractivity contribution in [1.82, 2.24) is 19.7 Å². The quantitative estimate of drug-likeness (QED) is 0.570. The maximum absolute atomic E-state index is 13.0. The Kier molecular flexibility index (Phi) is 7.12. The second-order valence-corrected chi connectivity index (χ2v) is 7.29. The van der Waals surface area contributed by atoms with Crippen LogP contribution in [0.2, 0.25) is 0 Å². The van der Waals surface area contributed by atoms with Gasteiger partial charge in [-0.2, -0.15) is 5.10 Å². The van der Waals surface area contributed by atoms with Crippen LogP contribution < -0.4 is 20.3 Å². The molecule has 0 aliphatic rings. The summed E-state index contributed by atoms with van der Waals surface area (Å²) < 4.78 is 13.9. The van der Waals surface area contributed by atoms with Crippen LogP contribution in [-0.4, -0.2) is 41.0 Å². The van der Waals surface area contributed by atoms with E-state index >= 15 is 0 Å². The lowest BCUT2D eigenvalue weighted by Crippen LogP contribution is -2.35. The fraction of sp³-hybridized carbons (Fsp3) is 0.348. The number of rotatable bonds is 9. The molecule has 31 heavy (non-hydrogen) atoms. The van der Waals surface area contributed by atoms with E-state index in [1.807, 2.05) is 37.4 Å². The van der Waals surface area contributed by atoms with Gasteiger partial charge in [0, 0.05) is 25.5 Å². The zero-order chi connectivity index (χ0) is 22.4. The Hall–Kier alpha value is -3.55. The van der Waals surface area contributed by atoms with Gasteiger partial charge in [0.25, 0.3) is 11.5 Å². The molecule has 0 fully saturated rings. The summed E-state index contributed by atoms with van der Waals surface area (Å²) in [6.07, 6.45) is 4.20. The number of pyridine rings is 1. The largest absolute Gasteiger partial charge is 0.493 e. The number of ether oxygens (including phenoxy) is 2. The lowest BCUT2D eigenvalue weighted by atomic mass is 10.1. The fourth-order valence-electron chi connectivity index (χ4n) is 3.36. The lowest BCUT2D eigenvalue weighted by molar-refractivity contribution is 0.0949. The minimum Gasteiger partial charge on any atom is -0.493 e. The monoisotopic (exact) mass is 424 g/mol. The Labute approximate surface area is 181 Å². The van der Waals surface area contributed by atoms with Gasteiger partial charge in [-0.3, -0.25) is 14.3 Å². The summed E-state index contributed by atoms with van der Waals surface area (Å²) in [6.45, 7) is 5.05. The summed E-state index contributed by atoms with van der Waals surface area (Å²) in [5, 5.41) is 7.11. The Morgan fingerprint density at radius 2 is 1.81 bits per heavy atom. The number of nitrogens with zero attached hydrogens (tertiary/aromatic N) is 3. The predicted molar refractivity (Wildman–Crippen MR) is 118 cm³/mol. The van der Waals surface area contributed by atoms with E-state index in [4.69, 9.17) is 9.47 Å². The zero-order valence-corrected chi connectivity index (χ0v) is 18.3. The standard InChI is InChI=1S/C23H28N4O4/c1-16-7-11-26(12-9-18-5-6-19(30-3)20(15-18)31-4)23(29)21(16)22(28)24-10-14-27-13-8-17(2)25-27/h5-8,11,13,15H,9-10,12,14H2,1-4H3,(H,24,28). The molecule has 0 saturated heterocycles. The molecule has 8 nitrogen and oxygen atoms in total. The van der Waals surface area contributed by atoms with Crippen molar-refractivity contribution >= 4 is 5.91 Å². The minimum absolute atomic E-state index is 0.173. The van der Waals surface area contributed by atoms with E-state index in [1.165, 1.54) is 0 Å². The normalized spacial score (nSPS) is 10.7. The van der Waals surface area contributed by atoms with Gasteiger partial charge in [-0.1, -0.05) is 6.07 Å². The van der Waals surface area contributed by atoms with Crippen molar-refractivity contribution in [1.29, 1.82) is 0 Å². The first-order chi connectivity index (χ1) is 14.9. The number of carbonyl (C=O) groups is 1. The first-order valence-corrected chi connectivity index (χ1v) is 10.1. The number of aryl methyl sites for hydroxylation is 4. The summed E-state index contributed by atoms with van der Waals surface area (Å²) >= 11 is 0. The minimum atomic E-state index is -0.369. The molecule has 1 N–H and O–H groups in total. The summed E-state index contributed by atoms with van der Waals surface area (Å²) in [5.41, 5.74) is 2.45. The second-order valence-electron chi connectivity index (χ2n) is 7.29. The summed E-state index contributed by atoms with van der Waals surface area (Å²) in [4.78, 5) is 25.6. The second kappa shape index (κ2) is 9.97. The highest BCUT2D eigenvalue weighted by Gasteiger charge is 2.15. The number of benzene rings is 1. The van der Waals surface area contributed by atoms with Crippen LogP contribution >= 0.6 is 0 Å². The number of carbonyl (C=O) groups excluding carboxylic acids is 1. The molecule has 1 amide bonds. The third-order valence-corrected chi connectivity index (χ3v) is 5.09. The average Bonchev–Trinajstić information content (AvgIpc) is 3.18. The number of nitrogens with one attached hydrogen (secondary N) is 1. The third kappa shape index (κ3) is 5.33. The van der Waals surface area contributed by atoms with E-state index in [9.17, 15) is 9.59 Å². The molecule has 3 aromatic rings. The SMILES string of the molecule is COc1ccc(CCn2ccc(C)c(C(=O)NCCn3ccc(C)n3)c2=O)cc1OC. The summed E-state index contributed by atoms with van der Waals surface area (Å²) in [7, 11) is 3.18. The topological polar surface area (TPSA) is 87.4 Å². The molecule has 0 atom stereocenters. The van der Waals surface area contributed by atoms with Gasteiger partial charge in [0.05, 0.1) is 26.5 Å². The van der Waals surface area contributed by atoms with Crippen LogP contribution in [0.1, 0.15) is 27.2 Å². The van der Waals surface area contributed by atoms with Gasteiger partial charge in [0.2, 0.25) is 0 Å². The molecule has 0 spiro atoms. The maximum Gasteiger partial charge on any atom is 0.263 e. The molecule has 0 bridgehead atoms. The molecule has 0 aliphatic heterocycles. The number of hydrogen-bond acceptors (Lipinski definition) is 5. The predicted octanol–water partition coefficient (Wildman–Crippen LogP) is 2.35. The average molecular weight is 425 g/mol. The Balaban J connectivity index is 1.68. The maximum atomic E-state index is 13.0. The number of hydrogen-bond donors (Lipinski definition) is 1. The van der Waals surface area contributed by atoms with E-state index in [0.29, 0.717) is 43.1 Å². The lowest BCUT2D eigenvalue weighted by Gasteiger charge is -2.12. The van der Waals surface area contributed by atoms with Crippen LogP contribution in [0.3, 0.4) is 0 Å². The van der Waals surface area contributed by atoms with E-state index in [-0.39, 0.29) is 17.0 Å². The molecular weight excluding hydrogens is 396 g/mol. The highest BCUT2D eigenvalue weighted by atomic mass is 16.5. The zero-order valence-electron chi connectivity index (χ0n) is 18.3. The molecule has 0 aliphatic carbocycles. The van der Waals surface area contributed by atoms with E-state index in [0.717, 1.165) is 11.3 Å². The molecule has 3 rings (SSSR count). The van der Waals surface area contributed by atoms with Gasteiger partial charge >= 0.3 is 0 Å². The first kappa shape index (κ1) is 22.1. The fourth-order valence-corrected chi connectivity index (χ4v) is 3.36. The number of amides is 1. The van der Waals surface area contributed by atoms with Gasteiger partial charge in [0.15, 0.2) is 11.5 Å². The smallest absolute Gasteiger partial charge is 0.263 e. The van der Waals surface area contributed by atoms with Crippen LogP contribution in [-0.2, 0) is 19.5 Å². The van der Waals surface area contributed by atoms with Gasteiger partial charge in [-0.25, -0.2) is 0 Å². The van der Waals surface area contributed by atoms with Crippen molar-refractivity contribution in [3.05, 3.63) is 75.5 Å². The van der Waals surface area contributed by atoms with Crippen molar-refractivity contribution in [2.75, 3.05) is 20.8 Å². The van der Waals surface area contributed by atoms with Crippen LogP contribution in [0.15, 0.2) is 47.5 Å². The molecule has 0 unspecified atom stereocenters. The molecule has 8 heteroatoms. The Morgan fingerprint density at radius 3 is 2.48 bits per heavy atom. The summed E-state index contributed by atoms with van der Waals surface area (Å²) in [5.74, 6) is 0.929. The van der Waals surface area contributed by atoms with E-state index in [2.05, 4.69) is 10.4 Å². The van der Waals surface area contributed by atoms with Crippen LogP contribution in [0, 0.1) is 13.8 Å². The Morgan fingerprint density at radius 1 is 1.03 bits per heavy atom. The van der Waals surface area contributed by atoms with Crippen LogP contribution in [0.5, 0.6) is 11.5 Å². The van der Waals surface area contributed by atoms with Gasteiger partial charge < -0.3 is 19.4 Å².